The van der Waals surface area contributed by atoms with Crippen LogP contribution in [0.3, 0.4) is 0 Å². The van der Waals surface area contributed by atoms with E-state index in [1.807, 2.05) is 36.4 Å². The third-order valence-corrected chi connectivity index (χ3v) is 7.36. The van der Waals surface area contributed by atoms with Gasteiger partial charge >= 0.3 is 6.03 Å². The largest absolute Gasteiger partial charge is 0.333 e. The van der Waals surface area contributed by atoms with Crippen molar-refractivity contribution in [2.24, 2.45) is 0 Å². The minimum Gasteiger partial charge on any atom is -0.333 e. The third kappa shape index (κ3) is 5.51. The summed E-state index contributed by atoms with van der Waals surface area (Å²) < 4.78 is 1.75. The number of hydrogen-bond acceptors (Lipinski definition) is 4. The van der Waals surface area contributed by atoms with Gasteiger partial charge in [0.05, 0.1) is 27.2 Å². The quantitative estimate of drug-likeness (QED) is 0.281. The zero-order chi connectivity index (χ0) is 25.9. The smallest absolute Gasteiger partial charge is 0.326 e. The molecule has 0 atom stereocenters. The Morgan fingerprint density at radius 2 is 1.97 bits per heavy atom. The first-order valence-corrected chi connectivity index (χ1v) is 12.8. The molecule has 2 aromatic carbocycles. The van der Waals surface area contributed by atoms with Crippen molar-refractivity contribution in [3.63, 3.8) is 0 Å². The minimum absolute atomic E-state index is 0.211. The Morgan fingerprint density at radius 3 is 2.76 bits per heavy atom. The highest BCUT2D eigenvalue weighted by atomic mass is 35.5. The number of nitrogens with one attached hydrogen (secondary N) is 1. The molecule has 186 valence electrons. The summed E-state index contributed by atoms with van der Waals surface area (Å²) in [5, 5.41) is 14.8. The van der Waals surface area contributed by atoms with E-state index >= 15 is 0 Å². The molecule has 0 bridgehead atoms. The van der Waals surface area contributed by atoms with Gasteiger partial charge < -0.3 is 5.32 Å². The number of hydrogen-bond donors (Lipinski definition) is 1. The maximum atomic E-state index is 13.4. The van der Waals surface area contributed by atoms with Crippen LogP contribution in [-0.4, -0.2) is 33.6 Å². The molecule has 1 aliphatic heterocycles. The van der Waals surface area contributed by atoms with Crippen molar-refractivity contribution >= 4 is 57.8 Å². The lowest BCUT2D eigenvalue weighted by Crippen LogP contribution is -2.34. The first-order valence-electron chi connectivity index (χ1n) is 11.7. The number of benzene rings is 2. The molecule has 0 saturated carbocycles. The summed E-state index contributed by atoms with van der Waals surface area (Å²) in [6.07, 6.45) is 6.44. The van der Waals surface area contributed by atoms with Crippen LogP contribution in [0.5, 0.6) is 0 Å². The Bertz CT molecular complexity index is 1570. The lowest BCUT2D eigenvalue weighted by atomic mass is 10.0. The number of pyridine rings is 1. The Balaban J connectivity index is 1.39. The molecule has 5 rings (SSSR count). The molecule has 0 spiro atoms. The second kappa shape index (κ2) is 11.0. The minimum atomic E-state index is -0.211. The zero-order valence-corrected chi connectivity index (χ0v) is 22.0. The average molecular weight is 551 g/mol. The fourth-order valence-electron chi connectivity index (χ4n) is 4.63. The molecule has 1 N–H and O–H groups in total. The Morgan fingerprint density at radius 1 is 1.11 bits per heavy atom. The van der Waals surface area contributed by atoms with Crippen molar-refractivity contribution in [1.82, 2.24) is 19.8 Å². The predicted octanol–water partition coefficient (Wildman–Crippen LogP) is 6.70. The molecular weight excluding hydrogens is 529 g/mol. The summed E-state index contributed by atoms with van der Waals surface area (Å²) in [5.41, 5.74) is 5.25. The van der Waals surface area contributed by atoms with Crippen molar-refractivity contribution in [2.45, 2.75) is 19.5 Å². The molecule has 6 nitrogen and oxygen atoms in total. The first kappa shape index (κ1) is 25.3. The second-order valence-electron chi connectivity index (χ2n) is 8.81. The number of nitriles is 1. The van der Waals surface area contributed by atoms with Gasteiger partial charge in [0.2, 0.25) is 0 Å². The Kier molecular flexibility index (Phi) is 7.50. The summed E-state index contributed by atoms with van der Waals surface area (Å²) >= 11 is 18.1. The van der Waals surface area contributed by atoms with Gasteiger partial charge in [-0.3, -0.25) is 9.47 Å². The van der Waals surface area contributed by atoms with E-state index in [-0.39, 0.29) is 6.03 Å². The normalized spacial score (nSPS) is 13.6. The van der Waals surface area contributed by atoms with Crippen LogP contribution in [0.25, 0.3) is 17.0 Å². The van der Waals surface area contributed by atoms with Crippen molar-refractivity contribution in [1.29, 1.82) is 5.26 Å². The first-order chi connectivity index (χ1) is 17.9. The van der Waals surface area contributed by atoms with Gasteiger partial charge in [0.1, 0.15) is 5.15 Å². The highest BCUT2D eigenvalue weighted by Crippen LogP contribution is 2.32. The molecule has 0 unspecified atom stereocenters. The van der Waals surface area contributed by atoms with Crippen LogP contribution in [0, 0.1) is 11.3 Å². The molecule has 9 heteroatoms. The van der Waals surface area contributed by atoms with E-state index in [9.17, 15) is 10.1 Å². The van der Waals surface area contributed by atoms with Gasteiger partial charge in [-0.2, -0.15) is 5.26 Å². The van der Waals surface area contributed by atoms with Crippen molar-refractivity contribution in [2.75, 3.05) is 13.1 Å². The van der Waals surface area contributed by atoms with Gasteiger partial charge in [-0.15, -0.1) is 0 Å². The van der Waals surface area contributed by atoms with Gasteiger partial charge in [-0.25, -0.2) is 9.78 Å². The highest BCUT2D eigenvalue weighted by Gasteiger charge is 2.26. The summed E-state index contributed by atoms with van der Waals surface area (Å²) in [6, 6.07) is 16.6. The van der Waals surface area contributed by atoms with Crippen LogP contribution in [-0.2, 0) is 19.5 Å². The molecule has 0 saturated heterocycles. The monoisotopic (exact) mass is 549 g/mol. The van der Waals surface area contributed by atoms with Crippen molar-refractivity contribution < 1.29 is 4.79 Å². The lowest BCUT2D eigenvalue weighted by molar-refractivity contribution is 0.240. The summed E-state index contributed by atoms with van der Waals surface area (Å²) in [4.78, 5) is 19.7. The van der Waals surface area contributed by atoms with Crippen molar-refractivity contribution in [3.05, 3.63) is 104 Å². The number of fused-ring (bicyclic) bond motifs is 3. The number of amides is 1. The molecule has 0 fully saturated rings. The zero-order valence-electron chi connectivity index (χ0n) is 19.7. The van der Waals surface area contributed by atoms with E-state index in [4.69, 9.17) is 34.8 Å². The summed E-state index contributed by atoms with van der Waals surface area (Å²) in [6.45, 7) is 2.54. The van der Waals surface area contributed by atoms with E-state index < -0.39 is 0 Å². The topological polar surface area (TPSA) is 74.0 Å². The second-order valence-corrected chi connectivity index (χ2v) is 10.0. The van der Waals surface area contributed by atoms with E-state index in [0.717, 1.165) is 46.4 Å². The number of nitrogens with zero attached hydrogens (tertiary/aromatic N) is 4. The molecule has 37 heavy (non-hydrogen) atoms. The van der Waals surface area contributed by atoms with Crippen LogP contribution >= 0.6 is 34.8 Å². The van der Waals surface area contributed by atoms with E-state index in [1.165, 1.54) is 0 Å². The number of carbonyl (C=O) groups is 1. The molecule has 3 heterocycles. The van der Waals surface area contributed by atoms with Gasteiger partial charge in [-0.05, 0) is 59.2 Å². The molecule has 2 aromatic heterocycles. The Labute approximate surface area is 229 Å². The number of rotatable bonds is 5. The lowest BCUT2D eigenvalue weighted by Gasteiger charge is -2.27. The summed E-state index contributed by atoms with van der Waals surface area (Å²) in [5.74, 6) is 0. The van der Waals surface area contributed by atoms with Crippen LogP contribution in [0.1, 0.15) is 27.9 Å². The number of aromatic nitrogens is 2. The molecule has 1 aliphatic rings. The van der Waals surface area contributed by atoms with Gasteiger partial charge in [0.25, 0.3) is 0 Å². The van der Waals surface area contributed by atoms with Crippen LogP contribution < -0.4 is 5.32 Å². The third-order valence-electron chi connectivity index (χ3n) is 6.41. The van der Waals surface area contributed by atoms with Crippen LogP contribution in [0.2, 0.25) is 15.2 Å². The number of carbonyl (C=O) groups excluding carboxylic acids is 1. The maximum Gasteiger partial charge on any atom is 0.326 e. The standard InChI is InChI=1S/C28H22Cl3N5O/c29-23-5-3-18(13-24(23)30)2-1-10-35-11-8-26-22(17-35)21-12-19(15-32)4-6-25(21)36(26)28(37)34-16-20-7-9-33-27(31)14-20/h1-7,9,12-14H,8,10-11,16-17H2,(H,34,37). The molecule has 0 radical (unpaired) electrons. The van der Waals surface area contributed by atoms with Gasteiger partial charge in [-0.1, -0.05) is 53.0 Å². The SMILES string of the molecule is N#Cc1ccc2c(c1)c1c(n2C(=O)NCc2ccnc(Cl)c2)CCN(CC=Cc2ccc(Cl)c(Cl)c2)C1. The van der Waals surface area contributed by atoms with Crippen LogP contribution in [0.4, 0.5) is 4.79 Å². The highest BCUT2D eigenvalue weighted by molar-refractivity contribution is 6.42. The van der Waals surface area contributed by atoms with Gasteiger partial charge in [0, 0.05) is 49.9 Å². The maximum absolute atomic E-state index is 13.4. The molecule has 4 aromatic rings. The molecule has 0 aliphatic carbocycles. The fraction of sp³-hybridized carbons (Fsp3) is 0.179. The average Bonchev–Trinajstić information content (AvgIpc) is 3.22. The molecule has 1 amide bonds. The fourth-order valence-corrected chi connectivity index (χ4v) is 5.14. The predicted molar refractivity (Wildman–Crippen MR) is 148 cm³/mol. The summed E-state index contributed by atoms with van der Waals surface area (Å²) in [7, 11) is 0. The van der Waals surface area contributed by atoms with Crippen molar-refractivity contribution in [3.8, 4) is 6.07 Å². The van der Waals surface area contributed by atoms with Gasteiger partial charge in [0.15, 0.2) is 0 Å². The number of halogens is 3. The van der Waals surface area contributed by atoms with E-state index in [0.29, 0.717) is 40.3 Å². The van der Waals surface area contributed by atoms with Crippen LogP contribution in [0.15, 0.2) is 60.8 Å². The van der Waals surface area contributed by atoms with E-state index in [2.05, 4.69) is 27.3 Å². The molecular formula is C28H22Cl3N5O. The van der Waals surface area contributed by atoms with E-state index in [1.54, 1.807) is 29.0 Å². The Hall–Kier alpha value is -3.34.